The van der Waals surface area contributed by atoms with Gasteiger partial charge in [-0.1, -0.05) is 26.0 Å². The van der Waals surface area contributed by atoms with Gasteiger partial charge in [0.25, 0.3) is 0 Å². The lowest BCUT2D eigenvalue weighted by Crippen LogP contribution is -2.38. The fourth-order valence-electron chi connectivity index (χ4n) is 2.84. The van der Waals surface area contributed by atoms with Crippen LogP contribution in [0.2, 0.25) is 0 Å². The first-order valence-corrected chi connectivity index (χ1v) is 7.49. The molecular weight excluding hydrogens is 250 g/mol. The number of rotatable bonds is 4. The molecule has 0 aromatic heterocycles. The molecule has 4 heteroatoms. The molecule has 1 aromatic rings. The van der Waals surface area contributed by atoms with Crippen molar-refractivity contribution in [3.63, 3.8) is 0 Å². The third kappa shape index (κ3) is 2.80. The normalized spacial score (nSPS) is 25.1. The van der Waals surface area contributed by atoms with Gasteiger partial charge < -0.3 is 15.5 Å². The molecule has 1 fully saturated rings. The van der Waals surface area contributed by atoms with Crippen LogP contribution in [-0.4, -0.2) is 25.4 Å². The number of hydrazone groups is 1. The Labute approximate surface area is 120 Å². The van der Waals surface area contributed by atoms with Crippen LogP contribution in [0, 0.1) is 11.8 Å². The third-order valence-corrected chi connectivity index (χ3v) is 3.90. The molecule has 0 radical (unpaired) electrons. The van der Waals surface area contributed by atoms with Gasteiger partial charge in [0.15, 0.2) is 0 Å². The Balaban J connectivity index is 1.72. The highest BCUT2D eigenvalue weighted by atomic mass is 16.5. The Hall–Kier alpha value is -1.55. The monoisotopic (exact) mass is 273 g/mol. The number of fused-ring (bicyclic) bond motifs is 1. The Morgan fingerprint density at radius 3 is 3.15 bits per heavy atom. The Morgan fingerprint density at radius 1 is 1.40 bits per heavy atom. The molecule has 2 heterocycles. The smallest absolute Gasteiger partial charge is 0.119 e. The zero-order chi connectivity index (χ0) is 13.9. The molecule has 2 aliphatic rings. The number of nitrogens with one attached hydrogen (secondary N) is 2. The third-order valence-electron chi connectivity index (χ3n) is 3.90. The highest BCUT2D eigenvalue weighted by molar-refractivity contribution is 5.89. The first-order valence-electron chi connectivity index (χ1n) is 7.49. The molecule has 0 saturated carbocycles. The molecule has 0 amide bonds. The molecule has 0 aliphatic carbocycles. The predicted molar refractivity (Wildman–Crippen MR) is 81.1 cm³/mol. The number of nitrogens with zero attached hydrogens (tertiary/aromatic N) is 1. The maximum absolute atomic E-state index is 5.82. The number of piperidine rings is 1. The van der Waals surface area contributed by atoms with Crippen LogP contribution in [0.4, 0.5) is 0 Å². The molecule has 108 valence electrons. The average Bonchev–Trinajstić information content (AvgIpc) is 2.89. The molecule has 20 heavy (non-hydrogen) atoms. The Morgan fingerprint density at radius 2 is 2.30 bits per heavy atom. The first kappa shape index (κ1) is 13.4. The van der Waals surface area contributed by atoms with E-state index in [-0.39, 0.29) is 6.04 Å². The van der Waals surface area contributed by atoms with E-state index in [1.54, 1.807) is 0 Å². The van der Waals surface area contributed by atoms with Crippen LogP contribution in [0.5, 0.6) is 5.75 Å². The van der Waals surface area contributed by atoms with Gasteiger partial charge in [0.1, 0.15) is 5.75 Å². The van der Waals surface area contributed by atoms with Crippen molar-refractivity contribution in [2.24, 2.45) is 16.9 Å². The SMILES string of the molecule is CC(C)COc1cccc(C2NN=C3CCNCC32)c1. The van der Waals surface area contributed by atoms with Crippen LogP contribution in [-0.2, 0) is 0 Å². The molecule has 1 saturated heterocycles. The van der Waals surface area contributed by atoms with E-state index in [4.69, 9.17) is 4.74 Å². The minimum atomic E-state index is 0.278. The highest BCUT2D eigenvalue weighted by Crippen LogP contribution is 2.31. The summed E-state index contributed by atoms with van der Waals surface area (Å²) < 4.78 is 5.82. The minimum absolute atomic E-state index is 0.278. The van der Waals surface area contributed by atoms with Gasteiger partial charge in [-0.05, 0) is 23.6 Å². The van der Waals surface area contributed by atoms with Crippen LogP contribution in [0.1, 0.15) is 31.9 Å². The molecule has 2 atom stereocenters. The lowest BCUT2D eigenvalue weighted by atomic mass is 9.87. The van der Waals surface area contributed by atoms with Gasteiger partial charge in [-0.25, -0.2) is 0 Å². The molecule has 2 aliphatic heterocycles. The van der Waals surface area contributed by atoms with E-state index >= 15 is 0 Å². The van der Waals surface area contributed by atoms with E-state index in [1.807, 2.05) is 6.07 Å². The molecule has 2 N–H and O–H groups in total. The summed E-state index contributed by atoms with van der Waals surface area (Å²) >= 11 is 0. The van der Waals surface area contributed by atoms with E-state index in [1.165, 1.54) is 11.3 Å². The number of ether oxygens (including phenoxy) is 1. The maximum Gasteiger partial charge on any atom is 0.119 e. The van der Waals surface area contributed by atoms with Crippen LogP contribution in [0.15, 0.2) is 29.4 Å². The molecular formula is C16H23N3O. The van der Waals surface area contributed by atoms with Crippen LogP contribution in [0.25, 0.3) is 0 Å². The van der Waals surface area contributed by atoms with Gasteiger partial charge in [0.05, 0.1) is 12.6 Å². The summed E-state index contributed by atoms with van der Waals surface area (Å²) in [4.78, 5) is 0. The average molecular weight is 273 g/mol. The fourth-order valence-corrected chi connectivity index (χ4v) is 2.84. The van der Waals surface area contributed by atoms with Gasteiger partial charge in [0.2, 0.25) is 0 Å². The zero-order valence-electron chi connectivity index (χ0n) is 12.2. The van der Waals surface area contributed by atoms with Gasteiger partial charge in [-0.15, -0.1) is 0 Å². The van der Waals surface area contributed by atoms with Crippen molar-refractivity contribution in [1.82, 2.24) is 10.7 Å². The predicted octanol–water partition coefficient (Wildman–Crippen LogP) is 2.33. The Kier molecular flexibility index (Phi) is 3.92. The van der Waals surface area contributed by atoms with Crippen molar-refractivity contribution in [2.75, 3.05) is 19.7 Å². The standard InChI is InChI=1S/C16H23N3O/c1-11(2)10-20-13-5-3-4-12(8-13)16-14-9-17-7-6-15(14)18-19-16/h3-5,8,11,14,16-17,19H,6-7,9-10H2,1-2H3. The topological polar surface area (TPSA) is 45.6 Å². The van der Waals surface area contributed by atoms with E-state index < -0.39 is 0 Å². The van der Waals surface area contributed by atoms with Crippen molar-refractivity contribution in [1.29, 1.82) is 0 Å². The summed E-state index contributed by atoms with van der Waals surface area (Å²) in [6.07, 6.45) is 1.05. The van der Waals surface area contributed by atoms with Gasteiger partial charge in [-0.3, -0.25) is 0 Å². The summed E-state index contributed by atoms with van der Waals surface area (Å²) in [7, 11) is 0. The lowest BCUT2D eigenvalue weighted by molar-refractivity contribution is 0.270. The van der Waals surface area contributed by atoms with E-state index in [0.717, 1.165) is 31.9 Å². The van der Waals surface area contributed by atoms with Crippen molar-refractivity contribution in [3.05, 3.63) is 29.8 Å². The number of benzene rings is 1. The van der Waals surface area contributed by atoms with Gasteiger partial charge >= 0.3 is 0 Å². The molecule has 1 aromatic carbocycles. The lowest BCUT2D eigenvalue weighted by Gasteiger charge is -2.25. The molecule has 2 unspecified atom stereocenters. The molecule has 0 spiro atoms. The largest absolute Gasteiger partial charge is 0.493 e. The van der Waals surface area contributed by atoms with E-state index in [9.17, 15) is 0 Å². The van der Waals surface area contributed by atoms with Crippen molar-refractivity contribution >= 4 is 5.71 Å². The van der Waals surface area contributed by atoms with Crippen LogP contribution in [0.3, 0.4) is 0 Å². The summed E-state index contributed by atoms with van der Waals surface area (Å²) in [6, 6.07) is 8.68. The highest BCUT2D eigenvalue weighted by Gasteiger charge is 2.34. The minimum Gasteiger partial charge on any atom is -0.493 e. The van der Waals surface area contributed by atoms with E-state index in [2.05, 4.69) is 47.9 Å². The van der Waals surface area contributed by atoms with Crippen LogP contribution < -0.4 is 15.5 Å². The van der Waals surface area contributed by atoms with Crippen molar-refractivity contribution in [3.8, 4) is 5.75 Å². The summed E-state index contributed by atoms with van der Waals surface area (Å²) in [5.41, 5.74) is 5.87. The number of hydrogen-bond donors (Lipinski definition) is 2. The zero-order valence-corrected chi connectivity index (χ0v) is 12.2. The van der Waals surface area contributed by atoms with Crippen molar-refractivity contribution in [2.45, 2.75) is 26.3 Å². The second-order valence-corrected chi connectivity index (χ2v) is 6.05. The molecule has 0 bridgehead atoms. The summed E-state index contributed by atoms with van der Waals surface area (Å²) in [6.45, 7) is 7.13. The van der Waals surface area contributed by atoms with Gasteiger partial charge in [-0.2, -0.15) is 5.10 Å². The molecule has 3 rings (SSSR count). The second kappa shape index (κ2) is 5.83. The number of hydrogen-bond acceptors (Lipinski definition) is 4. The van der Waals surface area contributed by atoms with Gasteiger partial charge in [0, 0.05) is 31.1 Å². The summed E-state index contributed by atoms with van der Waals surface area (Å²) in [5, 5.41) is 7.96. The van der Waals surface area contributed by atoms with Crippen LogP contribution >= 0.6 is 0 Å². The van der Waals surface area contributed by atoms with E-state index in [0.29, 0.717) is 11.8 Å². The molecule has 4 nitrogen and oxygen atoms in total. The Bertz CT molecular complexity index is 498. The maximum atomic E-state index is 5.82. The summed E-state index contributed by atoms with van der Waals surface area (Å²) in [5.74, 6) is 1.97. The quantitative estimate of drug-likeness (QED) is 0.885. The second-order valence-electron chi connectivity index (χ2n) is 6.05. The fraction of sp³-hybridized carbons (Fsp3) is 0.562. The first-order chi connectivity index (χ1) is 9.74. The van der Waals surface area contributed by atoms with Crippen molar-refractivity contribution < 1.29 is 4.74 Å².